The van der Waals surface area contributed by atoms with Crippen LogP contribution in [0, 0.1) is 5.92 Å². The molecule has 1 aliphatic rings. The Morgan fingerprint density at radius 1 is 1.10 bits per heavy atom. The van der Waals surface area contributed by atoms with Crippen LogP contribution in [0.1, 0.15) is 25.5 Å². The van der Waals surface area contributed by atoms with Crippen LogP contribution in [0.15, 0.2) is 18.2 Å². The van der Waals surface area contributed by atoms with Crippen molar-refractivity contribution >= 4 is 0 Å². The number of nitrogens with one attached hydrogen (secondary N) is 1. The number of hydrogen-bond donors (Lipinski definition) is 1. The average molecular weight is 295 g/mol. The lowest BCUT2D eigenvalue weighted by Gasteiger charge is -2.17. The van der Waals surface area contributed by atoms with E-state index in [1.807, 2.05) is 25.2 Å². The van der Waals surface area contributed by atoms with Gasteiger partial charge < -0.3 is 24.3 Å². The van der Waals surface area contributed by atoms with Crippen LogP contribution in [0.4, 0.5) is 0 Å². The zero-order valence-corrected chi connectivity index (χ0v) is 13.1. The van der Waals surface area contributed by atoms with Crippen LogP contribution in [0.5, 0.6) is 11.5 Å². The van der Waals surface area contributed by atoms with Crippen LogP contribution in [0.3, 0.4) is 0 Å². The van der Waals surface area contributed by atoms with Crippen molar-refractivity contribution in [3.05, 3.63) is 23.8 Å². The zero-order valence-electron chi connectivity index (χ0n) is 13.1. The fourth-order valence-corrected chi connectivity index (χ4v) is 2.11. The third kappa shape index (κ3) is 4.88. The van der Waals surface area contributed by atoms with E-state index in [-0.39, 0.29) is 6.04 Å². The lowest BCUT2D eigenvalue weighted by atomic mass is 10.1. The Morgan fingerprint density at radius 2 is 1.81 bits per heavy atom. The number of fused-ring (bicyclic) bond motifs is 1. The molecule has 0 fully saturated rings. The van der Waals surface area contributed by atoms with Crippen molar-refractivity contribution in [1.82, 2.24) is 5.32 Å². The van der Waals surface area contributed by atoms with Crippen molar-refractivity contribution in [2.45, 2.75) is 19.9 Å². The van der Waals surface area contributed by atoms with Gasteiger partial charge in [0.2, 0.25) is 6.79 Å². The predicted molar refractivity (Wildman–Crippen MR) is 80.8 cm³/mol. The lowest BCUT2D eigenvalue weighted by molar-refractivity contribution is 0.0309. The second-order valence-electron chi connectivity index (χ2n) is 5.50. The molecule has 1 N–H and O–H groups in total. The normalized spacial score (nSPS) is 14.7. The van der Waals surface area contributed by atoms with E-state index in [9.17, 15) is 0 Å². The maximum absolute atomic E-state index is 5.68. The van der Waals surface area contributed by atoms with Crippen molar-refractivity contribution in [2.24, 2.45) is 5.92 Å². The summed E-state index contributed by atoms with van der Waals surface area (Å²) in [6.07, 6.45) is 0. The van der Waals surface area contributed by atoms with E-state index >= 15 is 0 Å². The monoisotopic (exact) mass is 295 g/mol. The average Bonchev–Trinajstić information content (AvgIpc) is 2.93. The van der Waals surface area contributed by atoms with Crippen molar-refractivity contribution in [1.29, 1.82) is 0 Å². The molecule has 1 aromatic rings. The highest BCUT2D eigenvalue weighted by atomic mass is 16.7. The van der Waals surface area contributed by atoms with Crippen LogP contribution < -0.4 is 14.8 Å². The third-order valence-electron chi connectivity index (χ3n) is 3.26. The minimum Gasteiger partial charge on any atom is -0.454 e. The maximum Gasteiger partial charge on any atom is 0.231 e. The van der Waals surface area contributed by atoms with Crippen LogP contribution in [0.2, 0.25) is 0 Å². The Morgan fingerprint density at radius 3 is 2.52 bits per heavy atom. The highest BCUT2D eigenvalue weighted by Crippen LogP contribution is 2.34. The Labute approximate surface area is 126 Å². The first kappa shape index (κ1) is 16.1. The molecule has 5 heteroatoms. The van der Waals surface area contributed by atoms with E-state index in [1.54, 1.807) is 0 Å². The quantitative estimate of drug-likeness (QED) is 0.709. The maximum atomic E-state index is 5.68. The first-order chi connectivity index (χ1) is 10.2. The Bertz CT molecular complexity index is 436. The topological polar surface area (TPSA) is 49.0 Å². The molecule has 1 unspecified atom stereocenters. The summed E-state index contributed by atoms with van der Waals surface area (Å²) >= 11 is 0. The van der Waals surface area contributed by atoms with Gasteiger partial charge in [0.05, 0.1) is 25.9 Å². The molecule has 0 amide bonds. The molecule has 1 aliphatic heterocycles. The molecular weight excluding hydrogens is 270 g/mol. The van der Waals surface area contributed by atoms with Gasteiger partial charge in [-0.3, -0.25) is 0 Å². The Kier molecular flexibility index (Phi) is 6.29. The van der Waals surface area contributed by atoms with Gasteiger partial charge in [0.1, 0.15) is 0 Å². The molecule has 1 heterocycles. The van der Waals surface area contributed by atoms with Gasteiger partial charge in [-0.2, -0.15) is 0 Å². The summed E-state index contributed by atoms with van der Waals surface area (Å²) in [6, 6.07) is 6.10. The fraction of sp³-hybridized carbons (Fsp3) is 0.625. The zero-order chi connectivity index (χ0) is 15.1. The van der Waals surface area contributed by atoms with Crippen molar-refractivity contribution in [3.8, 4) is 11.5 Å². The predicted octanol–water partition coefficient (Wildman–Crippen LogP) is 2.37. The minimum atomic E-state index is 0.129. The van der Waals surface area contributed by atoms with Gasteiger partial charge in [-0.25, -0.2) is 0 Å². The third-order valence-corrected chi connectivity index (χ3v) is 3.26. The van der Waals surface area contributed by atoms with E-state index in [2.05, 4.69) is 19.2 Å². The lowest BCUT2D eigenvalue weighted by Crippen LogP contribution is -2.23. The van der Waals surface area contributed by atoms with Crippen molar-refractivity contribution < 1.29 is 18.9 Å². The highest BCUT2D eigenvalue weighted by molar-refractivity contribution is 5.45. The second kappa shape index (κ2) is 8.22. The molecule has 0 saturated heterocycles. The van der Waals surface area contributed by atoms with E-state index < -0.39 is 0 Å². The van der Waals surface area contributed by atoms with Crippen molar-refractivity contribution in [3.63, 3.8) is 0 Å². The minimum absolute atomic E-state index is 0.129. The summed E-state index contributed by atoms with van der Waals surface area (Å²) in [6.45, 7) is 7.19. The summed E-state index contributed by atoms with van der Waals surface area (Å²) < 4.78 is 21.9. The fourth-order valence-electron chi connectivity index (χ4n) is 2.11. The Hall–Kier alpha value is -1.30. The van der Waals surface area contributed by atoms with E-state index in [4.69, 9.17) is 18.9 Å². The van der Waals surface area contributed by atoms with Gasteiger partial charge in [0.25, 0.3) is 0 Å². The van der Waals surface area contributed by atoms with Crippen LogP contribution in [-0.4, -0.2) is 40.3 Å². The van der Waals surface area contributed by atoms with Gasteiger partial charge in [0, 0.05) is 6.61 Å². The number of hydrogen-bond acceptors (Lipinski definition) is 5. The van der Waals surface area contributed by atoms with Gasteiger partial charge in [-0.15, -0.1) is 0 Å². The smallest absolute Gasteiger partial charge is 0.231 e. The molecule has 0 saturated carbocycles. The molecule has 0 radical (unpaired) electrons. The first-order valence-electron chi connectivity index (χ1n) is 7.43. The first-order valence-corrected chi connectivity index (χ1v) is 7.43. The van der Waals surface area contributed by atoms with Crippen LogP contribution >= 0.6 is 0 Å². The van der Waals surface area contributed by atoms with Crippen LogP contribution in [0.25, 0.3) is 0 Å². The molecule has 1 atom stereocenters. The number of likely N-dealkylation sites (N-methyl/N-ethyl adjacent to an activating group) is 1. The van der Waals surface area contributed by atoms with Gasteiger partial charge in [0.15, 0.2) is 11.5 Å². The van der Waals surface area contributed by atoms with Crippen LogP contribution in [-0.2, 0) is 9.47 Å². The van der Waals surface area contributed by atoms with Gasteiger partial charge >= 0.3 is 0 Å². The van der Waals surface area contributed by atoms with E-state index in [0.717, 1.165) is 23.7 Å². The van der Waals surface area contributed by atoms with Gasteiger partial charge in [-0.05, 0) is 30.7 Å². The molecule has 1 aromatic carbocycles. The largest absolute Gasteiger partial charge is 0.454 e. The number of benzene rings is 1. The van der Waals surface area contributed by atoms with Crippen molar-refractivity contribution in [2.75, 3.05) is 40.3 Å². The highest BCUT2D eigenvalue weighted by Gasteiger charge is 2.17. The number of ether oxygens (including phenoxy) is 4. The van der Waals surface area contributed by atoms with E-state index in [0.29, 0.717) is 32.5 Å². The summed E-state index contributed by atoms with van der Waals surface area (Å²) in [5.74, 6) is 2.16. The summed E-state index contributed by atoms with van der Waals surface area (Å²) in [4.78, 5) is 0. The SMILES string of the molecule is CNC(COCCOCC(C)C)c1ccc2c(c1)OCO2. The molecule has 5 nitrogen and oxygen atoms in total. The molecule has 118 valence electrons. The summed E-state index contributed by atoms with van der Waals surface area (Å²) in [7, 11) is 1.92. The van der Waals surface area contributed by atoms with E-state index in [1.165, 1.54) is 0 Å². The molecule has 2 rings (SSSR count). The summed E-state index contributed by atoms with van der Waals surface area (Å²) in [5.41, 5.74) is 1.13. The number of rotatable bonds is 9. The molecule has 0 aromatic heterocycles. The molecular formula is C16H25NO4. The summed E-state index contributed by atoms with van der Waals surface area (Å²) in [5, 5.41) is 3.26. The molecule has 0 spiro atoms. The molecule has 21 heavy (non-hydrogen) atoms. The van der Waals surface area contributed by atoms with Gasteiger partial charge in [-0.1, -0.05) is 19.9 Å². The standard InChI is InChI=1S/C16H25NO4/c1-12(2)9-18-6-7-19-10-14(17-3)13-4-5-15-16(8-13)21-11-20-15/h4-5,8,12,14,17H,6-7,9-11H2,1-3H3. The molecule has 0 aliphatic carbocycles. The molecule has 0 bridgehead atoms. The Balaban J connectivity index is 1.75. The second-order valence-corrected chi connectivity index (χ2v) is 5.50.